The molecule has 0 spiro atoms. The molecule has 0 bridgehead atoms. The van der Waals surface area contributed by atoms with Crippen LogP contribution in [0.25, 0.3) is 0 Å². The van der Waals surface area contributed by atoms with Crippen molar-refractivity contribution in [3.8, 4) is 0 Å². The van der Waals surface area contributed by atoms with E-state index in [1.54, 1.807) is 20.8 Å². The molecular weight excluding hydrogens is 318 g/mol. The number of carbonyl (C=O) groups is 2. The van der Waals surface area contributed by atoms with Crippen molar-refractivity contribution in [1.82, 2.24) is 16.0 Å². The lowest BCUT2D eigenvalue weighted by Crippen LogP contribution is -2.41. The Hall–Kier alpha value is -1.95. The fraction of sp³-hybridized carbons (Fsp3) is 0.500. The number of alkyl carbamates (subject to hydrolysis) is 1. The standard InChI is InChI=1S/C16H24ClN3O3/c1-16(2,3)23-15(22)20-11-10-19-14(21)18-9-8-12-6-4-5-7-13(12)17/h4-7H,8-11H2,1-3H3,(H,20,22)(H2,18,19,21). The summed E-state index contributed by atoms with van der Waals surface area (Å²) >= 11 is 6.04. The van der Waals surface area contributed by atoms with Crippen molar-refractivity contribution in [2.45, 2.75) is 32.8 Å². The van der Waals surface area contributed by atoms with Gasteiger partial charge in [0.2, 0.25) is 0 Å². The number of rotatable bonds is 6. The topological polar surface area (TPSA) is 79.5 Å². The van der Waals surface area contributed by atoms with Crippen LogP contribution in [0.3, 0.4) is 0 Å². The van der Waals surface area contributed by atoms with Crippen LogP contribution < -0.4 is 16.0 Å². The van der Waals surface area contributed by atoms with Gasteiger partial charge in [-0.25, -0.2) is 9.59 Å². The monoisotopic (exact) mass is 341 g/mol. The van der Waals surface area contributed by atoms with E-state index in [2.05, 4.69) is 16.0 Å². The molecule has 0 atom stereocenters. The van der Waals surface area contributed by atoms with E-state index in [-0.39, 0.29) is 6.03 Å². The Bertz CT molecular complexity index is 530. The smallest absolute Gasteiger partial charge is 0.407 e. The number of nitrogens with one attached hydrogen (secondary N) is 3. The van der Waals surface area contributed by atoms with Gasteiger partial charge in [0, 0.05) is 24.7 Å². The Morgan fingerprint density at radius 3 is 2.30 bits per heavy atom. The van der Waals surface area contributed by atoms with Gasteiger partial charge in [0.1, 0.15) is 5.60 Å². The maximum atomic E-state index is 11.6. The molecule has 6 nitrogen and oxygen atoms in total. The molecule has 128 valence electrons. The van der Waals surface area contributed by atoms with E-state index in [1.807, 2.05) is 24.3 Å². The number of urea groups is 1. The number of benzene rings is 1. The summed E-state index contributed by atoms with van der Waals surface area (Å²) in [7, 11) is 0. The maximum absolute atomic E-state index is 11.6. The molecule has 1 aromatic rings. The van der Waals surface area contributed by atoms with Crippen LogP contribution >= 0.6 is 11.6 Å². The summed E-state index contributed by atoms with van der Waals surface area (Å²) in [4.78, 5) is 23.0. The molecule has 1 aromatic carbocycles. The number of amides is 3. The number of carbonyl (C=O) groups excluding carboxylic acids is 2. The zero-order chi connectivity index (χ0) is 17.3. The molecule has 0 aliphatic rings. The van der Waals surface area contributed by atoms with Gasteiger partial charge < -0.3 is 20.7 Å². The average Bonchev–Trinajstić information content (AvgIpc) is 2.44. The van der Waals surface area contributed by atoms with Crippen molar-refractivity contribution in [2.24, 2.45) is 0 Å². The first kappa shape index (κ1) is 19.1. The minimum absolute atomic E-state index is 0.289. The quantitative estimate of drug-likeness (QED) is 0.696. The van der Waals surface area contributed by atoms with Gasteiger partial charge in [-0.1, -0.05) is 29.8 Å². The summed E-state index contributed by atoms with van der Waals surface area (Å²) in [6.45, 7) is 6.46. The minimum Gasteiger partial charge on any atom is -0.444 e. The molecule has 0 fully saturated rings. The summed E-state index contributed by atoms with van der Waals surface area (Å²) in [5.41, 5.74) is 0.453. The highest BCUT2D eigenvalue weighted by molar-refractivity contribution is 6.31. The Kier molecular flexibility index (Phi) is 7.68. The third-order valence-corrected chi connectivity index (χ3v) is 3.09. The van der Waals surface area contributed by atoms with Crippen LogP contribution in [-0.4, -0.2) is 37.4 Å². The molecule has 3 N–H and O–H groups in total. The first-order valence-corrected chi connectivity index (χ1v) is 7.88. The zero-order valence-electron chi connectivity index (χ0n) is 13.7. The summed E-state index contributed by atoms with van der Waals surface area (Å²) in [6, 6.07) is 7.22. The van der Waals surface area contributed by atoms with Crippen LogP contribution in [0.2, 0.25) is 5.02 Å². The fourth-order valence-electron chi connectivity index (χ4n) is 1.73. The van der Waals surface area contributed by atoms with Crippen LogP contribution in [-0.2, 0) is 11.2 Å². The van der Waals surface area contributed by atoms with Gasteiger partial charge in [0.25, 0.3) is 0 Å². The fourth-order valence-corrected chi connectivity index (χ4v) is 1.96. The van der Waals surface area contributed by atoms with E-state index in [1.165, 1.54) is 0 Å². The highest BCUT2D eigenvalue weighted by atomic mass is 35.5. The van der Waals surface area contributed by atoms with Crippen LogP contribution in [0.1, 0.15) is 26.3 Å². The SMILES string of the molecule is CC(C)(C)OC(=O)NCCNC(=O)NCCc1ccccc1Cl. The van der Waals surface area contributed by atoms with Gasteiger partial charge in [-0.2, -0.15) is 0 Å². The predicted molar refractivity (Wildman–Crippen MR) is 90.8 cm³/mol. The molecular formula is C16H24ClN3O3. The van der Waals surface area contributed by atoms with Crippen molar-refractivity contribution >= 4 is 23.7 Å². The number of hydrogen-bond donors (Lipinski definition) is 3. The first-order chi connectivity index (χ1) is 10.8. The average molecular weight is 342 g/mol. The molecule has 0 aliphatic carbocycles. The molecule has 0 heterocycles. The number of ether oxygens (including phenoxy) is 1. The third kappa shape index (κ3) is 8.93. The zero-order valence-corrected chi connectivity index (χ0v) is 14.5. The molecule has 0 saturated carbocycles. The highest BCUT2D eigenvalue weighted by Crippen LogP contribution is 2.14. The Morgan fingerprint density at radius 1 is 1.04 bits per heavy atom. The Labute approximate surface area is 141 Å². The molecule has 7 heteroatoms. The van der Waals surface area contributed by atoms with Gasteiger partial charge in [-0.15, -0.1) is 0 Å². The molecule has 0 saturated heterocycles. The molecule has 3 amide bonds. The largest absolute Gasteiger partial charge is 0.444 e. The van der Waals surface area contributed by atoms with Gasteiger partial charge >= 0.3 is 12.1 Å². The van der Waals surface area contributed by atoms with Crippen molar-refractivity contribution in [1.29, 1.82) is 0 Å². The summed E-state index contributed by atoms with van der Waals surface area (Å²) < 4.78 is 5.08. The lowest BCUT2D eigenvalue weighted by atomic mass is 10.1. The molecule has 0 radical (unpaired) electrons. The predicted octanol–water partition coefficient (Wildman–Crippen LogP) is 2.71. The van der Waals surface area contributed by atoms with Crippen molar-refractivity contribution < 1.29 is 14.3 Å². The van der Waals surface area contributed by atoms with E-state index in [0.717, 1.165) is 5.56 Å². The second-order valence-electron chi connectivity index (χ2n) is 5.95. The van der Waals surface area contributed by atoms with E-state index in [4.69, 9.17) is 16.3 Å². The van der Waals surface area contributed by atoms with Crippen LogP contribution in [0.5, 0.6) is 0 Å². The van der Waals surface area contributed by atoms with Gasteiger partial charge in [0.15, 0.2) is 0 Å². The van der Waals surface area contributed by atoms with Crippen molar-refractivity contribution in [2.75, 3.05) is 19.6 Å². The number of halogens is 1. The van der Waals surface area contributed by atoms with Crippen molar-refractivity contribution in [3.63, 3.8) is 0 Å². The normalized spacial score (nSPS) is 10.8. The lowest BCUT2D eigenvalue weighted by Gasteiger charge is -2.19. The summed E-state index contributed by atoms with van der Waals surface area (Å²) in [5.74, 6) is 0. The Morgan fingerprint density at radius 2 is 1.65 bits per heavy atom. The molecule has 23 heavy (non-hydrogen) atoms. The molecule has 0 aromatic heterocycles. The maximum Gasteiger partial charge on any atom is 0.407 e. The molecule has 1 rings (SSSR count). The van der Waals surface area contributed by atoms with Crippen molar-refractivity contribution in [3.05, 3.63) is 34.9 Å². The van der Waals surface area contributed by atoms with E-state index < -0.39 is 11.7 Å². The summed E-state index contributed by atoms with van der Waals surface area (Å²) in [6.07, 6.45) is 0.155. The molecule has 0 unspecified atom stereocenters. The minimum atomic E-state index is -0.534. The van der Waals surface area contributed by atoms with Crippen LogP contribution in [0.4, 0.5) is 9.59 Å². The second-order valence-corrected chi connectivity index (χ2v) is 6.36. The van der Waals surface area contributed by atoms with E-state index in [9.17, 15) is 9.59 Å². The Balaban J connectivity index is 2.11. The lowest BCUT2D eigenvalue weighted by molar-refractivity contribution is 0.0528. The second kappa shape index (κ2) is 9.25. The number of hydrogen-bond acceptors (Lipinski definition) is 3. The molecule has 0 aliphatic heterocycles. The summed E-state index contributed by atoms with van der Waals surface area (Å²) in [5, 5.41) is 8.63. The first-order valence-electron chi connectivity index (χ1n) is 7.50. The van der Waals surface area contributed by atoms with Crippen LogP contribution in [0.15, 0.2) is 24.3 Å². The van der Waals surface area contributed by atoms with E-state index >= 15 is 0 Å². The van der Waals surface area contributed by atoms with Crippen LogP contribution in [0, 0.1) is 0 Å². The van der Waals surface area contributed by atoms with E-state index in [0.29, 0.717) is 31.1 Å². The highest BCUT2D eigenvalue weighted by Gasteiger charge is 2.15. The van der Waals surface area contributed by atoms with Gasteiger partial charge in [-0.05, 0) is 38.8 Å². The third-order valence-electron chi connectivity index (χ3n) is 2.72. The van der Waals surface area contributed by atoms with Gasteiger partial charge in [-0.3, -0.25) is 0 Å². The van der Waals surface area contributed by atoms with Gasteiger partial charge in [0.05, 0.1) is 0 Å².